The van der Waals surface area contributed by atoms with E-state index in [4.69, 9.17) is 9.47 Å². The molecule has 0 aliphatic carbocycles. The molecular formula is C18H25NO5. The van der Waals surface area contributed by atoms with E-state index < -0.39 is 17.7 Å². The van der Waals surface area contributed by atoms with Gasteiger partial charge >= 0.3 is 12.1 Å². The monoisotopic (exact) mass is 335 g/mol. The van der Waals surface area contributed by atoms with Gasteiger partial charge in [0.2, 0.25) is 0 Å². The van der Waals surface area contributed by atoms with Crippen molar-refractivity contribution in [2.24, 2.45) is 0 Å². The minimum atomic E-state index is -0.951. The summed E-state index contributed by atoms with van der Waals surface area (Å²) in [6.07, 6.45) is 0.146. The molecule has 1 aromatic rings. The van der Waals surface area contributed by atoms with Crippen LogP contribution in [0.1, 0.15) is 44.0 Å². The molecule has 1 unspecified atom stereocenters. The van der Waals surface area contributed by atoms with Crippen molar-refractivity contribution in [1.82, 2.24) is 0 Å². The van der Waals surface area contributed by atoms with E-state index in [9.17, 15) is 14.7 Å². The smallest absolute Gasteiger partial charge is 0.411 e. The van der Waals surface area contributed by atoms with Crippen LogP contribution in [0.2, 0.25) is 0 Å². The van der Waals surface area contributed by atoms with E-state index in [1.807, 2.05) is 6.92 Å². The third kappa shape index (κ3) is 7.28. The zero-order chi connectivity index (χ0) is 18.2. The average molecular weight is 335 g/mol. The summed E-state index contributed by atoms with van der Waals surface area (Å²) in [6, 6.07) is 6.30. The molecule has 0 heterocycles. The molecule has 1 atom stereocenters. The zero-order valence-corrected chi connectivity index (χ0v) is 14.4. The van der Waals surface area contributed by atoms with Crippen molar-refractivity contribution in [2.45, 2.75) is 39.2 Å². The summed E-state index contributed by atoms with van der Waals surface area (Å²) in [5.74, 6) is -0.411. The molecule has 0 aliphatic rings. The molecule has 1 rings (SSSR count). The number of carbonyl (C=O) groups is 2. The van der Waals surface area contributed by atoms with Crippen LogP contribution in [0.5, 0.6) is 0 Å². The Hall–Kier alpha value is -2.34. The number of ether oxygens (including phenoxy) is 2. The second-order valence-electron chi connectivity index (χ2n) is 5.94. The summed E-state index contributed by atoms with van der Waals surface area (Å²) in [5.41, 5.74) is 0.826. The van der Waals surface area contributed by atoms with Gasteiger partial charge in [0.1, 0.15) is 0 Å². The van der Waals surface area contributed by atoms with Crippen LogP contribution in [0, 0.1) is 0 Å². The molecule has 6 nitrogen and oxygen atoms in total. The summed E-state index contributed by atoms with van der Waals surface area (Å²) >= 11 is 0. The van der Waals surface area contributed by atoms with Crippen LogP contribution in [0.3, 0.4) is 0 Å². The van der Waals surface area contributed by atoms with Crippen molar-refractivity contribution in [3.8, 4) is 0 Å². The Kier molecular flexibility index (Phi) is 7.45. The Morgan fingerprint density at radius 1 is 1.25 bits per heavy atom. The molecule has 6 heteroatoms. The molecule has 0 bridgehead atoms. The van der Waals surface area contributed by atoms with Crippen molar-refractivity contribution < 1.29 is 24.2 Å². The molecule has 0 radical (unpaired) electrons. The second kappa shape index (κ2) is 9.08. The summed E-state index contributed by atoms with van der Waals surface area (Å²) in [4.78, 5) is 23.2. The maximum atomic E-state index is 11.7. The standard InChI is InChI=1S/C18H25NO5/c1-5-23-16(20)14-6-8-15(9-7-14)19-17(21)24-11-10-18(4,22)12-13(2)3/h6-9,22H,2,5,10-12H2,1,3-4H3,(H,19,21). The van der Waals surface area contributed by atoms with Crippen LogP contribution < -0.4 is 5.32 Å². The Labute approximate surface area is 142 Å². The number of aliphatic hydroxyl groups is 1. The maximum absolute atomic E-state index is 11.7. The van der Waals surface area contributed by atoms with E-state index >= 15 is 0 Å². The topological polar surface area (TPSA) is 84.9 Å². The first-order valence-electron chi connectivity index (χ1n) is 7.81. The highest BCUT2D eigenvalue weighted by atomic mass is 16.5. The SMILES string of the molecule is C=C(C)CC(C)(O)CCOC(=O)Nc1ccc(C(=O)OCC)cc1. The molecule has 0 spiro atoms. The van der Waals surface area contributed by atoms with Crippen molar-refractivity contribution >= 4 is 17.7 Å². The number of rotatable bonds is 8. The molecule has 0 aromatic heterocycles. The minimum Gasteiger partial charge on any atom is -0.462 e. The summed E-state index contributed by atoms with van der Waals surface area (Å²) in [7, 11) is 0. The van der Waals surface area contributed by atoms with Crippen molar-refractivity contribution in [2.75, 3.05) is 18.5 Å². The molecule has 132 valence electrons. The maximum Gasteiger partial charge on any atom is 0.411 e. The van der Waals surface area contributed by atoms with Crippen LogP contribution in [0.4, 0.5) is 10.5 Å². The molecule has 1 amide bonds. The summed E-state index contributed by atoms with van der Waals surface area (Å²) in [6.45, 7) is 9.40. The molecule has 0 saturated heterocycles. The highest BCUT2D eigenvalue weighted by molar-refractivity contribution is 5.91. The predicted octanol–water partition coefficient (Wildman–Crippen LogP) is 3.52. The van der Waals surface area contributed by atoms with Gasteiger partial charge in [0.05, 0.1) is 24.4 Å². The number of anilines is 1. The van der Waals surface area contributed by atoms with Crippen LogP contribution in [-0.2, 0) is 9.47 Å². The molecule has 0 saturated carbocycles. The lowest BCUT2D eigenvalue weighted by Gasteiger charge is -2.23. The van der Waals surface area contributed by atoms with Crippen molar-refractivity contribution in [3.63, 3.8) is 0 Å². The normalized spacial score (nSPS) is 12.8. The van der Waals surface area contributed by atoms with Crippen LogP contribution in [0.25, 0.3) is 0 Å². The van der Waals surface area contributed by atoms with Gasteiger partial charge in [0.15, 0.2) is 0 Å². The largest absolute Gasteiger partial charge is 0.462 e. The minimum absolute atomic E-state index is 0.0903. The van der Waals surface area contributed by atoms with E-state index in [1.54, 1.807) is 38.1 Å². The van der Waals surface area contributed by atoms with Crippen molar-refractivity contribution in [1.29, 1.82) is 0 Å². The van der Waals surface area contributed by atoms with E-state index in [2.05, 4.69) is 11.9 Å². The van der Waals surface area contributed by atoms with E-state index in [0.717, 1.165) is 5.57 Å². The lowest BCUT2D eigenvalue weighted by molar-refractivity contribution is 0.0306. The van der Waals surface area contributed by atoms with Gasteiger partial charge in [-0.2, -0.15) is 0 Å². The Morgan fingerprint density at radius 2 is 1.88 bits per heavy atom. The fourth-order valence-corrected chi connectivity index (χ4v) is 2.16. The highest BCUT2D eigenvalue weighted by Crippen LogP contribution is 2.19. The van der Waals surface area contributed by atoms with Crippen LogP contribution in [-0.4, -0.2) is 36.0 Å². The number of carbonyl (C=O) groups excluding carboxylic acids is 2. The lowest BCUT2D eigenvalue weighted by atomic mass is 9.95. The number of hydrogen-bond donors (Lipinski definition) is 2. The third-order valence-electron chi connectivity index (χ3n) is 3.20. The van der Waals surface area contributed by atoms with Gasteiger partial charge in [-0.25, -0.2) is 9.59 Å². The van der Waals surface area contributed by atoms with Gasteiger partial charge in [-0.1, -0.05) is 5.57 Å². The molecule has 1 aromatic carbocycles. The van der Waals surface area contributed by atoms with Gasteiger partial charge in [0.25, 0.3) is 0 Å². The molecule has 0 fully saturated rings. The molecule has 0 aliphatic heterocycles. The van der Waals surface area contributed by atoms with Crippen molar-refractivity contribution in [3.05, 3.63) is 42.0 Å². The quantitative estimate of drug-likeness (QED) is 0.561. The fourth-order valence-electron chi connectivity index (χ4n) is 2.16. The van der Waals surface area contributed by atoms with Crippen LogP contribution in [0.15, 0.2) is 36.4 Å². The van der Waals surface area contributed by atoms with Gasteiger partial charge in [0, 0.05) is 12.1 Å². The number of amides is 1. The first kappa shape index (κ1) is 19.7. The molecule has 2 N–H and O–H groups in total. The predicted molar refractivity (Wildman–Crippen MR) is 92.0 cm³/mol. The zero-order valence-electron chi connectivity index (χ0n) is 14.4. The van der Waals surface area contributed by atoms with Gasteiger partial charge in [-0.3, -0.25) is 5.32 Å². The average Bonchev–Trinajstić information content (AvgIpc) is 2.46. The summed E-state index contributed by atoms with van der Waals surface area (Å²) < 4.78 is 9.93. The number of hydrogen-bond acceptors (Lipinski definition) is 5. The highest BCUT2D eigenvalue weighted by Gasteiger charge is 2.20. The third-order valence-corrected chi connectivity index (χ3v) is 3.20. The molecule has 24 heavy (non-hydrogen) atoms. The first-order chi connectivity index (χ1) is 11.2. The number of nitrogens with one attached hydrogen (secondary N) is 1. The van der Waals surface area contributed by atoms with Crippen LogP contribution >= 0.6 is 0 Å². The first-order valence-corrected chi connectivity index (χ1v) is 7.81. The Balaban J connectivity index is 2.42. The Bertz CT molecular complexity index is 578. The summed E-state index contributed by atoms with van der Waals surface area (Å²) in [5, 5.41) is 12.7. The van der Waals surface area contributed by atoms with E-state index in [1.165, 1.54) is 0 Å². The van der Waals surface area contributed by atoms with Gasteiger partial charge < -0.3 is 14.6 Å². The lowest BCUT2D eigenvalue weighted by Crippen LogP contribution is -2.27. The van der Waals surface area contributed by atoms with E-state index in [0.29, 0.717) is 30.7 Å². The van der Waals surface area contributed by atoms with Gasteiger partial charge in [-0.15, -0.1) is 6.58 Å². The fraction of sp³-hybridized carbons (Fsp3) is 0.444. The molecular weight excluding hydrogens is 310 g/mol. The second-order valence-corrected chi connectivity index (χ2v) is 5.94. The number of esters is 1. The number of benzene rings is 1. The van der Waals surface area contributed by atoms with E-state index in [-0.39, 0.29) is 6.61 Å². The van der Waals surface area contributed by atoms with Gasteiger partial charge in [-0.05, 0) is 51.5 Å². The Morgan fingerprint density at radius 3 is 2.42 bits per heavy atom.